The van der Waals surface area contributed by atoms with Gasteiger partial charge in [0.15, 0.2) is 0 Å². The molecule has 0 heterocycles. The molecule has 88 valence electrons. The van der Waals surface area contributed by atoms with E-state index in [1.807, 2.05) is 37.3 Å². The second-order valence-electron chi connectivity index (χ2n) is 3.67. The molecule has 0 bridgehead atoms. The SMILES string of the molecule is CCC(CCN)(OC(N)=O)c1ccccc1. The van der Waals surface area contributed by atoms with E-state index >= 15 is 0 Å². The summed E-state index contributed by atoms with van der Waals surface area (Å²) in [6.07, 6.45) is 0.451. The van der Waals surface area contributed by atoms with Crippen LogP contribution in [-0.2, 0) is 10.3 Å². The zero-order valence-electron chi connectivity index (χ0n) is 9.48. The molecule has 0 saturated heterocycles. The third-order valence-electron chi connectivity index (χ3n) is 2.72. The second kappa shape index (κ2) is 5.51. The lowest BCUT2D eigenvalue weighted by Gasteiger charge is -2.32. The maximum absolute atomic E-state index is 11.0. The predicted octanol–water partition coefficient (Wildman–Crippen LogP) is 1.74. The highest BCUT2D eigenvalue weighted by atomic mass is 16.6. The van der Waals surface area contributed by atoms with E-state index in [1.165, 1.54) is 0 Å². The van der Waals surface area contributed by atoms with Crippen LogP contribution < -0.4 is 11.5 Å². The Balaban J connectivity index is 3.06. The van der Waals surface area contributed by atoms with E-state index < -0.39 is 11.7 Å². The quantitative estimate of drug-likeness (QED) is 0.796. The van der Waals surface area contributed by atoms with Crippen LogP contribution in [0.5, 0.6) is 0 Å². The maximum Gasteiger partial charge on any atom is 0.405 e. The molecule has 1 aromatic rings. The van der Waals surface area contributed by atoms with Gasteiger partial charge in [0.1, 0.15) is 5.60 Å². The minimum atomic E-state index is -0.765. The van der Waals surface area contributed by atoms with E-state index in [4.69, 9.17) is 16.2 Å². The highest BCUT2D eigenvalue weighted by Crippen LogP contribution is 2.32. The summed E-state index contributed by atoms with van der Waals surface area (Å²) in [5.41, 5.74) is 10.9. The Bertz CT molecular complexity index is 340. The number of nitrogens with two attached hydrogens (primary N) is 2. The number of amides is 1. The Hall–Kier alpha value is -1.55. The number of carbonyl (C=O) groups is 1. The minimum Gasteiger partial charge on any atom is -0.438 e. The summed E-state index contributed by atoms with van der Waals surface area (Å²) in [6, 6.07) is 9.56. The summed E-state index contributed by atoms with van der Waals surface area (Å²) < 4.78 is 5.27. The molecule has 4 nitrogen and oxygen atoms in total. The topological polar surface area (TPSA) is 78.3 Å². The van der Waals surface area contributed by atoms with Crippen molar-refractivity contribution in [3.63, 3.8) is 0 Å². The van der Waals surface area contributed by atoms with Crippen molar-refractivity contribution in [3.8, 4) is 0 Å². The van der Waals surface area contributed by atoms with Gasteiger partial charge in [-0.3, -0.25) is 0 Å². The third kappa shape index (κ3) is 2.73. The molecule has 0 saturated carbocycles. The molecule has 4 N–H and O–H groups in total. The van der Waals surface area contributed by atoms with Crippen molar-refractivity contribution < 1.29 is 9.53 Å². The fraction of sp³-hybridized carbons (Fsp3) is 0.417. The van der Waals surface area contributed by atoms with E-state index in [1.54, 1.807) is 0 Å². The smallest absolute Gasteiger partial charge is 0.405 e. The van der Waals surface area contributed by atoms with Gasteiger partial charge in [0, 0.05) is 6.42 Å². The van der Waals surface area contributed by atoms with Gasteiger partial charge in [-0.15, -0.1) is 0 Å². The third-order valence-corrected chi connectivity index (χ3v) is 2.72. The van der Waals surface area contributed by atoms with Crippen LogP contribution in [0, 0.1) is 0 Å². The first-order valence-corrected chi connectivity index (χ1v) is 5.38. The molecule has 1 unspecified atom stereocenters. The average molecular weight is 222 g/mol. The zero-order chi connectivity index (χ0) is 12.0. The monoisotopic (exact) mass is 222 g/mol. The molecular weight excluding hydrogens is 204 g/mol. The summed E-state index contributed by atoms with van der Waals surface area (Å²) in [7, 11) is 0. The molecule has 1 atom stereocenters. The molecule has 0 radical (unpaired) electrons. The molecule has 1 rings (SSSR count). The Morgan fingerprint density at radius 2 is 2.00 bits per heavy atom. The van der Waals surface area contributed by atoms with E-state index in [0.29, 0.717) is 19.4 Å². The maximum atomic E-state index is 11.0. The Morgan fingerprint density at radius 3 is 2.44 bits per heavy atom. The molecule has 4 heteroatoms. The summed E-state index contributed by atoms with van der Waals surface area (Å²) in [6.45, 7) is 2.39. The number of hydrogen-bond acceptors (Lipinski definition) is 3. The molecule has 0 fully saturated rings. The summed E-state index contributed by atoms with van der Waals surface area (Å²) in [5.74, 6) is 0. The molecule has 1 amide bonds. The predicted molar refractivity (Wildman–Crippen MR) is 62.8 cm³/mol. The van der Waals surface area contributed by atoms with Gasteiger partial charge in [0.2, 0.25) is 0 Å². The Labute approximate surface area is 95.6 Å². The van der Waals surface area contributed by atoms with Crippen LogP contribution >= 0.6 is 0 Å². The van der Waals surface area contributed by atoms with Crippen molar-refractivity contribution >= 4 is 6.09 Å². The number of rotatable bonds is 5. The van der Waals surface area contributed by atoms with Gasteiger partial charge in [0.25, 0.3) is 0 Å². The number of ether oxygens (including phenoxy) is 1. The van der Waals surface area contributed by atoms with Crippen LogP contribution in [0.25, 0.3) is 0 Å². The lowest BCUT2D eigenvalue weighted by atomic mass is 9.87. The fourth-order valence-electron chi connectivity index (χ4n) is 1.87. The van der Waals surface area contributed by atoms with Gasteiger partial charge in [0.05, 0.1) is 0 Å². The largest absolute Gasteiger partial charge is 0.438 e. The van der Waals surface area contributed by atoms with Crippen LogP contribution in [0.4, 0.5) is 4.79 Å². The van der Waals surface area contributed by atoms with Crippen molar-refractivity contribution in [2.75, 3.05) is 6.54 Å². The number of benzene rings is 1. The number of hydrogen-bond donors (Lipinski definition) is 2. The first-order chi connectivity index (χ1) is 7.64. The van der Waals surface area contributed by atoms with Gasteiger partial charge in [-0.2, -0.15) is 0 Å². The molecular formula is C12H18N2O2. The van der Waals surface area contributed by atoms with Gasteiger partial charge in [-0.25, -0.2) is 4.79 Å². The highest BCUT2D eigenvalue weighted by molar-refractivity contribution is 5.65. The van der Waals surface area contributed by atoms with Crippen LogP contribution in [0.2, 0.25) is 0 Å². The minimum absolute atomic E-state index is 0.440. The van der Waals surface area contributed by atoms with Crippen molar-refractivity contribution in [2.24, 2.45) is 11.5 Å². The molecule has 0 aliphatic heterocycles. The fourth-order valence-corrected chi connectivity index (χ4v) is 1.87. The van der Waals surface area contributed by atoms with E-state index in [0.717, 1.165) is 5.56 Å². The van der Waals surface area contributed by atoms with Crippen molar-refractivity contribution in [2.45, 2.75) is 25.4 Å². The van der Waals surface area contributed by atoms with Crippen LogP contribution in [0.15, 0.2) is 30.3 Å². The van der Waals surface area contributed by atoms with Crippen molar-refractivity contribution in [1.29, 1.82) is 0 Å². The standard InChI is InChI=1S/C12H18N2O2/c1-2-12(8-9-13,16-11(14)15)10-6-4-3-5-7-10/h3-7H,2,8-9,13H2,1H3,(H2,14,15). The summed E-state index contributed by atoms with van der Waals surface area (Å²) in [5, 5.41) is 0. The lowest BCUT2D eigenvalue weighted by molar-refractivity contribution is 0.00428. The Morgan fingerprint density at radius 1 is 1.38 bits per heavy atom. The lowest BCUT2D eigenvalue weighted by Crippen LogP contribution is -2.36. The molecule has 0 spiro atoms. The summed E-state index contributed by atoms with van der Waals surface area (Å²) >= 11 is 0. The first-order valence-electron chi connectivity index (χ1n) is 5.38. The van der Waals surface area contributed by atoms with Crippen LogP contribution in [-0.4, -0.2) is 12.6 Å². The van der Waals surface area contributed by atoms with Crippen LogP contribution in [0.3, 0.4) is 0 Å². The molecule has 0 aliphatic carbocycles. The normalized spacial score (nSPS) is 14.1. The highest BCUT2D eigenvalue weighted by Gasteiger charge is 2.33. The van der Waals surface area contributed by atoms with Crippen molar-refractivity contribution in [3.05, 3.63) is 35.9 Å². The Kier molecular flexibility index (Phi) is 4.31. The van der Waals surface area contributed by atoms with E-state index in [9.17, 15) is 4.79 Å². The summed E-state index contributed by atoms with van der Waals surface area (Å²) in [4.78, 5) is 11.0. The van der Waals surface area contributed by atoms with Gasteiger partial charge in [-0.1, -0.05) is 37.3 Å². The van der Waals surface area contributed by atoms with E-state index in [-0.39, 0.29) is 0 Å². The second-order valence-corrected chi connectivity index (χ2v) is 3.67. The first kappa shape index (κ1) is 12.5. The van der Waals surface area contributed by atoms with Crippen LogP contribution in [0.1, 0.15) is 25.3 Å². The van der Waals surface area contributed by atoms with Crippen molar-refractivity contribution in [1.82, 2.24) is 0 Å². The molecule has 1 aromatic carbocycles. The average Bonchev–Trinajstić information content (AvgIpc) is 2.29. The zero-order valence-corrected chi connectivity index (χ0v) is 9.48. The van der Waals surface area contributed by atoms with Gasteiger partial charge < -0.3 is 16.2 Å². The number of primary amides is 1. The molecule has 0 aliphatic rings. The molecule has 16 heavy (non-hydrogen) atoms. The number of carbonyl (C=O) groups excluding carboxylic acids is 1. The van der Waals surface area contributed by atoms with Gasteiger partial charge in [-0.05, 0) is 18.5 Å². The van der Waals surface area contributed by atoms with Gasteiger partial charge >= 0.3 is 6.09 Å². The van der Waals surface area contributed by atoms with E-state index in [2.05, 4.69) is 0 Å². The molecule has 0 aromatic heterocycles.